The molecule has 146 valence electrons. The lowest BCUT2D eigenvalue weighted by Crippen LogP contribution is -2.54. The van der Waals surface area contributed by atoms with E-state index in [-0.39, 0.29) is 11.0 Å². The monoisotopic (exact) mass is 383 g/mol. The van der Waals surface area contributed by atoms with Gasteiger partial charge in [-0.2, -0.15) is 0 Å². The van der Waals surface area contributed by atoms with E-state index >= 15 is 0 Å². The Balaban J connectivity index is 1.92. The number of hydrogen-bond donors (Lipinski definition) is 2. The number of anilines is 1. The summed E-state index contributed by atoms with van der Waals surface area (Å²) in [5, 5.41) is 18.4. The standard InChI is InChI=1S/C20H21N3O5/c1-11-17(13-10-12(27-2)8-9-16(13)28-3)18(23(25)26)20(22-11)14-6-4-5-7-15(14)21-19(20)24/h4-11,17-18,22H,1-3H3,(H,21,24)/t11-,17-,18+,20+/m0/s1. The van der Waals surface area contributed by atoms with Gasteiger partial charge in [0.05, 0.1) is 20.1 Å². The first-order valence-electron chi connectivity index (χ1n) is 8.98. The van der Waals surface area contributed by atoms with Crippen LogP contribution in [0.25, 0.3) is 0 Å². The van der Waals surface area contributed by atoms with Gasteiger partial charge in [-0.1, -0.05) is 18.2 Å². The predicted molar refractivity (Wildman–Crippen MR) is 102 cm³/mol. The number of para-hydroxylation sites is 1. The van der Waals surface area contributed by atoms with Crippen molar-refractivity contribution in [2.75, 3.05) is 19.5 Å². The summed E-state index contributed by atoms with van der Waals surface area (Å²) in [6, 6.07) is 10.7. The van der Waals surface area contributed by atoms with Crippen molar-refractivity contribution in [3.63, 3.8) is 0 Å². The van der Waals surface area contributed by atoms with E-state index in [9.17, 15) is 14.9 Å². The average molecular weight is 383 g/mol. The summed E-state index contributed by atoms with van der Waals surface area (Å²) in [6.07, 6.45) is 0. The molecule has 2 aromatic rings. The molecule has 2 N–H and O–H groups in total. The molecule has 2 aromatic carbocycles. The number of nitrogens with zero attached hydrogens (tertiary/aromatic N) is 1. The number of ether oxygens (including phenoxy) is 2. The Morgan fingerprint density at radius 1 is 1.14 bits per heavy atom. The zero-order valence-corrected chi connectivity index (χ0v) is 15.8. The molecule has 0 unspecified atom stereocenters. The molecule has 4 rings (SSSR count). The van der Waals surface area contributed by atoms with Gasteiger partial charge >= 0.3 is 0 Å². The van der Waals surface area contributed by atoms with E-state index in [4.69, 9.17) is 9.47 Å². The summed E-state index contributed by atoms with van der Waals surface area (Å²) in [5.74, 6) is 0.0842. The molecule has 1 amide bonds. The highest BCUT2D eigenvalue weighted by atomic mass is 16.6. The Labute approximate surface area is 162 Å². The van der Waals surface area contributed by atoms with E-state index < -0.39 is 23.4 Å². The molecule has 0 saturated carbocycles. The van der Waals surface area contributed by atoms with Crippen molar-refractivity contribution in [1.29, 1.82) is 0 Å². The normalized spacial score (nSPS) is 28.1. The van der Waals surface area contributed by atoms with Crippen molar-refractivity contribution in [1.82, 2.24) is 5.32 Å². The Bertz CT molecular complexity index is 963. The number of carbonyl (C=O) groups excluding carboxylic acids is 1. The third-order valence-corrected chi connectivity index (χ3v) is 5.76. The average Bonchev–Trinajstić information content (AvgIpc) is 3.15. The number of nitrogens with one attached hydrogen (secondary N) is 2. The highest BCUT2D eigenvalue weighted by Gasteiger charge is 2.68. The highest BCUT2D eigenvalue weighted by Crippen LogP contribution is 2.51. The summed E-state index contributed by atoms with van der Waals surface area (Å²) >= 11 is 0. The quantitative estimate of drug-likeness (QED) is 0.620. The second-order valence-electron chi connectivity index (χ2n) is 7.10. The molecule has 0 radical (unpaired) electrons. The first-order chi connectivity index (χ1) is 13.4. The zero-order chi connectivity index (χ0) is 20.1. The largest absolute Gasteiger partial charge is 0.497 e. The molecule has 0 aromatic heterocycles. The van der Waals surface area contributed by atoms with Crippen LogP contribution in [0.15, 0.2) is 42.5 Å². The predicted octanol–water partition coefficient (Wildman–Crippen LogP) is 2.27. The van der Waals surface area contributed by atoms with Crippen molar-refractivity contribution in [3.05, 3.63) is 63.7 Å². The van der Waals surface area contributed by atoms with Gasteiger partial charge in [-0.05, 0) is 31.2 Å². The fraction of sp³-hybridized carbons (Fsp3) is 0.350. The summed E-state index contributed by atoms with van der Waals surface area (Å²) in [5.41, 5.74) is 0.381. The number of hydrogen-bond acceptors (Lipinski definition) is 6. The second kappa shape index (κ2) is 6.49. The van der Waals surface area contributed by atoms with Crippen LogP contribution in [-0.4, -0.2) is 37.1 Å². The lowest BCUT2D eigenvalue weighted by molar-refractivity contribution is -0.532. The Kier molecular flexibility index (Phi) is 4.23. The minimum absolute atomic E-state index is 0.353. The fourth-order valence-electron chi connectivity index (χ4n) is 4.62. The van der Waals surface area contributed by atoms with Crippen LogP contribution in [0.1, 0.15) is 24.0 Å². The number of amides is 1. The maximum atomic E-state index is 13.0. The minimum Gasteiger partial charge on any atom is -0.497 e. The van der Waals surface area contributed by atoms with Gasteiger partial charge in [0.1, 0.15) is 11.5 Å². The lowest BCUT2D eigenvalue weighted by atomic mass is 9.78. The van der Waals surface area contributed by atoms with Crippen molar-refractivity contribution in [2.45, 2.75) is 30.5 Å². The van der Waals surface area contributed by atoms with E-state index in [1.807, 2.05) is 6.92 Å². The SMILES string of the molecule is COc1ccc(OC)c([C@@H]2[C@H](C)N[C@@]3(C(=O)Nc4ccccc43)[C@@H]2[N+](=O)[O-])c1. The number of rotatable bonds is 4. The highest BCUT2D eigenvalue weighted by molar-refractivity contribution is 6.07. The maximum absolute atomic E-state index is 13.0. The second-order valence-corrected chi connectivity index (χ2v) is 7.10. The van der Waals surface area contributed by atoms with Gasteiger partial charge in [0.25, 0.3) is 11.9 Å². The summed E-state index contributed by atoms with van der Waals surface area (Å²) in [7, 11) is 3.06. The number of benzene rings is 2. The fourth-order valence-corrected chi connectivity index (χ4v) is 4.62. The molecule has 2 aliphatic rings. The number of carbonyl (C=O) groups is 1. The molecule has 8 heteroatoms. The molecule has 1 saturated heterocycles. The van der Waals surface area contributed by atoms with Gasteiger partial charge in [-0.3, -0.25) is 20.2 Å². The van der Waals surface area contributed by atoms with Gasteiger partial charge < -0.3 is 14.8 Å². The molecule has 28 heavy (non-hydrogen) atoms. The molecule has 2 heterocycles. The molecule has 1 fully saturated rings. The van der Waals surface area contributed by atoms with E-state index in [2.05, 4.69) is 10.6 Å². The van der Waals surface area contributed by atoms with Crippen LogP contribution in [0, 0.1) is 10.1 Å². The van der Waals surface area contributed by atoms with Gasteiger partial charge in [0, 0.05) is 27.8 Å². The molecule has 0 aliphatic carbocycles. The van der Waals surface area contributed by atoms with Crippen LogP contribution in [0.3, 0.4) is 0 Å². The topological polar surface area (TPSA) is 103 Å². The van der Waals surface area contributed by atoms with Crippen LogP contribution in [-0.2, 0) is 10.3 Å². The molecule has 4 atom stereocenters. The van der Waals surface area contributed by atoms with Crippen molar-refractivity contribution in [2.24, 2.45) is 0 Å². The zero-order valence-electron chi connectivity index (χ0n) is 15.8. The smallest absolute Gasteiger partial charge is 0.256 e. The molecule has 2 aliphatic heterocycles. The van der Waals surface area contributed by atoms with Gasteiger partial charge in [0.2, 0.25) is 0 Å². The summed E-state index contributed by atoms with van der Waals surface area (Å²) in [4.78, 5) is 25.0. The third kappa shape index (κ3) is 2.37. The van der Waals surface area contributed by atoms with Gasteiger partial charge in [-0.25, -0.2) is 0 Å². The third-order valence-electron chi connectivity index (χ3n) is 5.76. The molecule has 8 nitrogen and oxygen atoms in total. The summed E-state index contributed by atoms with van der Waals surface area (Å²) in [6.45, 7) is 1.85. The number of fused-ring (bicyclic) bond motifs is 2. The van der Waals surface area contributed by atoms with Crippen LogP contribution < -0.4 is 20.1 Å². The van der Waals surface area contributed by atoms with Gasteiger partial charge in [-0.15, -0.1) is 0 Å². The van der Waals surface area contributed by atoms with Crippen molar-refractivity contribution < 1.29 is 19.2 Å². The van der Waals surface area contributed by atoms with E-state index in [0.717, 1.165) is 0 Å². The van der Waals surface area contributed by atoms with Crippen LogP contribution in [0.5, 0.6) is 11.5 Å². The molecule has 1 spiro atoms. The van der Waals surface area contributed by atoms with Crippen molar-refractivity contribution in [3.8, 4) is 11.5 Å². The summed E-state index contributed by atoms with van der Waals surface area (Å²) < 4.78 is 10.8. The molecule has 0 bridgehead atoms. The minimum atomic E-state index is -1.45. The maximum Gasteiger partial charge on any atom is 0.256 e. The Morgan fingerprint density at radius 3 is 2.57 bits per heavy atom. The first-order valence-corrected chi connectivity index (χ1v) is 8.98. The molecular formula is C20H21N3O5. The number of methoxy groups -OCH3 is 2. The first kappa shape index (κ1) is 18.2. The Morgan fingerprint density at radius 2 is 1.89 bits per heavy atom. The van der Waals surface area contributed by atoms with E-state index in [0.29, 0.717) is 28.3 Å². The van der Waals surface area contributed by atoms with Gasteiger partial charge in [0.15, 0.2) is 5.54 Å². The van der Waals surface area contributed by atoms with Crippen LogP contribution >= 0.6 is 0 Å². The molecular weight excluding hydrogens is 362 g/mol. The lowest BCUT2D eigenvalue weighted by Gasteiger charge is -2.26. The number of nitro groups is 1. The van der Waals surface area contributed by atoms with E-state index in [1.54, 1.807) is 42.5 Å². The Hall–Kier alpha value is -3.13. The van der Waals surface area contributed by atoms with E-state index in [1.165, 1.54) is 14.2 Å². The van der Waals surface area contributed by atoms with Crippen LogP contribution in [0.4, 0.5) is 5.69 Å². The van der Waals surface area contributed by atoms with Crippen molar-refractivity contribution >= 4 is 11.6 Å². The van der Waals surface area contributed by atoms with Crippen LogP contribution in [0.2, 0.25) is 0 Å².